The molecule has 0 aliphatic rings. The Morgan fingerprint density at radius 3 is 2.81 bits per heavy atom. The zero-order chi connectivity index (χ0) is 18.4. The van der Waals surface area contributed by atoms with Gasteiger partial charge in [0.15, 0.2) is 0 Å². The number of nitrogens with one attached hydrogen (secondary N) is 1. The van der Waals surface area contributed by atoms with E-state index in [-0.39, 0.29) is 5.91 Å². The van der Waals surface area contributed by atoms with Gasteiger partial charge in [-0.15, -0.1) is 11.8 Å². The molecule has 1 N–H and O–H groups in total. The maximum absolute atomic E-state index is 12.0. The lowest BCUT2D eigenvalue weighted by Gasteiger charge is -2.06. The molecule has 3 aromatic rings. The molecule has 0 saturated carbocycles. The first kappa shape index (κ1) is 18.0. The number of methoxy groups -OCH3 is 1. The highest BCUT2D eigenvalue weighted by Gasteiger charge is 2.10. The molecule has 0 spiro atoms. The molecule has 0 aliphatic heterocycles. The Morgan fingerprint density at radius 1 is 1.23 bits per heavy atom. The summed E-state index contributed by atoms with van der Waals surface area (Å²) in [4.78, 5) is 16.4. The molecule has 0 unspecified atom stereocenters. The smallest absolute Gasteiger partial charge is 0.236 e. The van der Waals surface area contributed by atoms with E-state index >= 15 is 0 Å². The summed E-state index contributed by atoms with van der Waals surface area (Å²) < 4.78 is 10.4. The number of hydrogen-bond donors (Lipinski definition) is 1. The molecule has 1 heterocycles. The summed E-state index contributed by atoms with van der Waals surface area (Å²) in [7, 11) is 1.59. The second kappa shape index (κ2) is 8.53. The topological polar surface area (TPSA) is 77.2 Å². The van der Waals surface area contributed by atoms with Crippen LogP contribution in [0.25, 0.3) is 11.4 Å². The van der Waals surface area contributed by atoms with Crippen LogP contribution in [0, 0.1) is 6.92 Å². The lowest BCUT2D eigenvalue weighted by atomic mass is 10.1. The normalized spacial score (nSPS) is 10.5. The number of carbonyl (C=O) groups excluding carboxylic acids is 1. The van der Waals surface area contributed by atoms with E-state index in [4.69, 9.17) is 9.26 Å². The van der Waals surface area contributed by atoms with Crippen LogP contribution < -0.4 is 10.1 Å². The summed E-state index contributed by atoms with van der Waals surface area (Å²) in [6, 6.07) is 15.2. The maximum Gasteiger partial charge on any atom is 0.236 e. The Morgan fingerprint density at radius 2 is 2.04 bits per heavy atom. The van der Waals surface area contributed by atoms with Crippen molar-refractivity contribution in [2.45, 2.75) is 12.7 Å². The van der Waals surface area contributed by atoms with E-state index < -0.39 is 0 Å². The van der Waals surface area contributed by atoms with E-state index in [1.807, 2.05) is 49.4 Å². The number of thioether (sulfide) groups is 1. The Bertz CT molecular complexity index is 878. The number of amides is 1. The molecule has 1 amide bonds. The van der Waals surface area contributed by atoms with Gasteiger partial charge in [0.1, 0.15) is 5.75 Å². The van der Waals surface area contributed by atoms with Crippen LogP contribution in [0.5, 0.6) is 5.75 Å². The number of carbonyl (C=O) groups is 1. The van der Waals surface area contributed by atoms with Gasteiger partial charge in [-0.25, -0.2) is 0 Å². The Hall–Kier alpha value is -2.80. The van der Waals surface area contributed by atoms with Gasteiger partial charge >= 0.3 is 0 Å². The molecular formula is C19H19N3O3S. The third-order valence-electron chi connectivity index (χ3n) is 3.59. The fourth-order valence-corrected chi connectivity index (χ4v) is 2.91. The predicted molar refractivity (Wildman–Crippen MR) is 102 cm³/mol. The highest BCUT2D eigenvalue weighted by atomic mass is 32.2. The van der Waals surface area contributed by atoms with Crippen molar-refractivity contribution in [3.8, 4) is 17.1 Å². The molecular weight excluding hydrogens is 350 g/mol. The van der Waals surface area contributed by atoms with Crippen molar-refractivity contribution < 1.29 is 14.1 Å². The Kier molecular flexibility index (Phi) is 5.91. The molecule has 0 atom stereocenters. The van der Waals surface area contributed by atoms with E-state index in [1.54, 1.807) is 13.2 Å². The monoisotopic (exact) mass is 369 g/mol. The first-order chi connectivity index (χ1) is 12.6. The Labute approximate surface area is 156 Å². The summed E-state index contributed by atoms with van der Waals surface area (Å²) in [6.45, 7) is 2.03. The fourth-order valence-electron chi connectivity index (χ4n) is 2.26. The number of nitrogens with zero attached hydrogens (tertiary/aromatic N) is 2. The summed E-state index contributed by atoms with van der Waals surface area (Å²) >= 11 is 1.42. The number of anilines is 1. The van der Waals surface area contributed by atoms with E-state index in [2.05, 4.69) is 15.5 Å². The summed E-state index contributed by atoms with van der Waals surface area (Å²) in [5, 5.41) is 6.82. The first-order valence-electron chi connectivity index (χ1n) is 8.05. The standard InChI is InChI=1S/C19H19N3O3S/c1-13-6-8-14(9-7-13)19-21-18(25-22-19)12-26-11-17(23)20-15-4-3-5-16(10-15)24-2/h3-10H,11-12H2,1-2H3,(H,20,23). The minimum absolute atomic E-state index is 0.0958. The molecule has 2 aromatic carbocycles. The van der Waals surface area contributed by atoms with E-state index in [9.17, 15) is 4.79 Å². The lowest BCUT2D eigenvalue weighted by molar-refractivity contribution is -0.113. The van der Waals surface area contributed by atoms with Crippen LogP contribution in [0.1, 0.15) is 11.5 Å². The van der Waals surface area contributed by atoms with Gasteiger partial charge in [0, 0.05) is 17.3 Å². The molecule has 0 saturated heterocycles. The van der Waals surface area contributed by atoms with Crippen LogP contribution in [0.2, 0.25) is 0 Å². The molecule has 134 valence electrons. The second-order valence-corrected chi connectivity index (χ2v) is 6.64. The molecule has 0 radical (unpaired) electrons. The van der Waals surface area contributed by atoms with Crippen molar-refractivity contribution in [1.29, 1.82) is 0 Å². The van der Waals surface area contributed by atoms with Crippen LogP contribution in [0.4, 0.5) is 5.69 Å². The summed E-state index contributed by atoms with van der Waals surface area (Å²) in [6.07, 6.45) is 0. The zero-order valence-electron chi connectivity index (χ0n) is 14.6. The van der Waals surface area contributed by atoms with Crippen molar-refractivity contribution >= 4 is 23.4 Å². The number of aromatic nitrogens is 2. The van der Waals surface area contributed by atoms with Crippen molar-refractivity contribution in [3.63, 3.8) is 0 Å². The number of ether oxygens (including phenoxy) is 1. The third kappa shape index (κ3) is 4.86. The van der Waals surface area contributed by atoms with E-state index in [1.165, 1.54) is 17.3 Å². The summed E-state index contributed by atoms with van der Waals surface area (Å²) in [5.74, 6) is 2.43. The van der Waals surface area contributed by atoms with Gasteiger partial charge in [-0.2, -0.15) is 4.98 Å². The fraction of sp³-hybridized carbons (Fsp3) is 0.211. The quantitative estimate of drug-likeness (QED) is 0.680. The van der Waals surface area contributed by atoms with Crippen molar-refractivity contribution in [3.05, 3.63) is 60.0 Å². The Balaban J connectivity index is 1.48. The van der Waals surface area contributed by atoms with Gasteiger partial charge in [0.2, 0.25) is 17.6 Å². The first-order valence-corrected chi connectivity index (χ1v) is 9.21. The van der Waals surface area contributed by atoms with E-state index in [0.29, 0.717) is 34.7 Å². The zero-order valence-corrected chi connectivity index (χ0v) is 15.4. The van der Waals surface area contributed by atoms with Crippen LogP contribution >= 0.6 is 11.8 Å². The highest BCUT2D eigenvalue weighted by molar-refractivity contribution is 7.99. The third-order valence-corrected chi connectivity index (χ3v) is 4.51. The SMILES string of the molecule is COc1cccc(NC(=O)CSCc2nc(-c3ccc(C)cc3)no2)c1. The van der Waals surface area contributed by atoms with Gasteiger partial charge < -0.3 is 14.6 Å². The van der Waals surface area contributed by atoms with Gasteiger partial charge in [0.25, 0.3) is 0 Å². The molecule has 0 bridgehead atoms. The number of benzene rings is 2. The van der Waals surface area contributed by atoms with Crippen LogP contribution in [0.3, 0.4) is 0 Å². The van der Waals surface area contributed by atoms with Gasteiger partial charge in [-0.05, 0) is 19.1 Å². The van der Waals surface area contributed by atoms with Crippen molar-refractivity contribution in [2.24, 2.45) is 0 Å². The number of aryl methyl sites for hydroxylation is 1. The van der Waals surface area contributed by atoms with Gasteiger partial charge in [-0.1, -0.05) is 41.1 Å². The van der Waals surface area contributed by atoms with Crippen LogP contribution in [0.15, 0.2) is 53.1 Å². The average molecular weight is 369 g/mol. The van der Waals surface area contributed by atoms with Gasteiger partial charge in [-0.3, -0.25) is 4.79 Å². The lowest BCUT2D eigenvalue weighted by Crippen LogP contribution is -2.14. The molecule has 26 heavy (non-hydrogen) atoms. The second-order valence-electron chi connectivity index (χ2n) is 5.65. The largest absolute Gasteiger partial charge is 0.497 e. The molecule has 3 rings (SSSR count). The molecule has 0 aliphatic carbocycles. The minimum Gasteiger partial charge on any atom is -0.497 e. The minimum atomic E-state index is -0.0958. The van der Waals surface area contributed by atoms with Crippen molar-refractivity contribution in [1.82, 2.24) is 10.1 Å². The number of hydrogen-bond acceptors (Lipinski definition) is 6. The van der Waals surface area contributed by atoms with Gasteiger partial charge in [0.05, 0.1) is 18.6 Å². The maximum atomic E-state index is 12.0. The molecule has 1 aromatic heterocycles. The van der Waals surface area contributed by atoms with Crippen LogP contribution in [-0.2, 0) is 10.5 Å². The summed E-state index contributed by atoms with van der Waals surface area (Å²) in [5.41, 5.74) is 2.79. The average Bonchev–Trinajstić information content (AvgIpc) is 3.11. The molecule has 0 fully saturated rings. The predicted octanol–water partition coefficient (Wildman–Crippen LogP) is 3.93. The molecule has 7 heteroatoms. The molecule has 6 nitrogen and oxygen atoms in total. The van der Waals surface area contributed by atoms with E-state index in [0.717, 1.165) is 5.56 Å². The van der Waals surface area contributed by atoms with Crippen LogP contribution in [-0.4, -0.2) is 28.9 Å². The van der Waals surface area contributed by atoms with Crippen molar-refractivity contribution in [2.75, 3.05) is 18.2 Å². The highest BCUT2D eigenvalue weighted by Crippen LogP contribution is 2.20. The number of rotatable bonds is 7.